The number of ether oxygens (including phenoxy) is 3. The molecule has 2 fully saturated rings. The summed E-state index contributed by atoms with van der Waals surface area (Å²) in [5.74, 6) is -2.10. The highest BCUT2D eigenvalue weighted by Crippen LogP contribution is 2.61. The number of amides is 1. The predicted octanol–water partition coefficient (Wildman–Crippen LogP) is 7.23. The fraction of sp³-hybridized carbons (Fsp3) is 0.188. The maximum atomic E-state index is 15.6. The Hall–Kier alpha value is -7.42. The lowest BCUT2D eigenvalue weighted by atomic mass is 9.72. The van der Waals surface area contributed by atoms with Gasteiger partial charge in [0, 0.05) is 49.0 Å². The Kier molecular flexibility index (Phi) is 12.7. The van der Waals surface area contributed by atoms with Gasteiger partial charge in [0.15, 0.2) is 5.82 Å². The van der Waals surface area contributed by atoms with Crippen LogP contribution in [0.1, 0.15) is 36.7 Å². The van der Waals surface area contributed by atoms with Crippen LogP contribution in [0.25, 0.3) is 0 Å². The van der Waals surface area contributed by atoms with Crippen molar-refractivity contribution in [2.45, 2.75) is 45.1 Å². The van der Waals surface area contributed by atoms with E-state index < -0.39 is 58.2 Å². The molecular weight excluding hydrogens is 870 g/mol. The Labute approximate surface area is 378 Å². The summed E-state index contributed by atoms with van der Waals surface area (Å²) in [5.41, 5.74) is -0.199. The molecule has 1 aliphatic heterocycles. The molecule has 1 saturated carbocycles. The minimum atomic E-state index is -3.43. The number of likely N-dealkylation sites (tertiary alicyclic amines) is 1. The number of non-ortho nitro benzene ring substituents is 2. The van der Waals surface area contributed by atoms with Crippen molar-refractivity contribution in [1.82, 2.24) is 14.9 Å². The maximum Gasteiger partial charge on any atom is 0.508 e. The number of rotatable bonds is 16. The van der Waals surface area contributed by atoms with Gasteiger partial charge in [-0.3, -0.25) is 29.9 Å². The van der Waals surface area contributed by atoms with Crippen LogP contribution in [0.15, 0.2) is 158 Å². The molecule has 8 rings (SSSR count). The number of nitrogens with zero attached hydrogens (tertiary/aromatic N) is 5. The summed E-state index contributed by atoms with van der Waals surface area (Å²) in [4.78, 5) is 76.8. The number of hydrogen-bond acceptors (Lipinski definition) is 13. The number of esters is 1. The van der Waals surface area contributed by atoms with E-state index in [1.54, 1.807) is 25.4 Å². The zero-order valence-electron chi connectivity index (χ0n) is 34.7. The van der Waals surface area contributed by atoms with Gasteiger partial charge >= 0.3 is 12.1 Å². The van der Waals surface area contributed by atoms with E-state index in [1.807, 2.05) is 91.0 Å². The second-order valence-corrected chi connectivity index (χ2v) is 19.2. The third-order valence-electron chi connectivity index (χ3n) is 11.7. The number of thiocarbonyl (C=S) groups is 1. The number of β-lactam (4-membered cyclic amide) rings is 1. The summed E-state index contributed by atoms with van der Waals surface area (Å²) >= 11 is 6.20. The standard InChI is InChI=1S/C48H40N5O10PS/c1-32(63-47(56)62-31-34-20-24-36(25-21-34)53(59)60)40-41(48(26-27-48)42(65)43-49-28-11-29-50-43)51(44(40)54)45(46(55)61-30-33-18-22-35(23-19-33)52(57)58)64(37-12-5-2-6-13-37,38-14-7-3-8-15-38)39-16-9-4-10-17-39/h2-25,28-29,32,40-41H,26-27,30-31H2,1H3. The molecule has 5 aromatic carbocycles. The quantitative estimate of drug-likeness (QED) is 0.0180. The molecule has 0 N–H and O–H groups in total. The van der Waals surface area contributed by atoms with Crippen LogP contribution in [0, 0.1) is 31.6 Å². The zero-order valence-corrected chi connectivity index (χ0v) is 36.5. The highest BCUT2D eigenvalue weighted by Gasteiger charge is 2.69. The van der Waals surface area contributed by atoms with Crippen LogP contribution in [0.5, 0.6) is 0 Å². The van der Waals surface area contributed by atoms with Crippen LogP contribution >= 0.6 is 19.1 Å². The van der Waals surface area contributed by atoms with Crippen LogP contribution in [-0.4, -0.2) is 65.2 Å². The highest BCUT2D eigenvalue weighted by molar-refractivity contribution is 7.96. The van der Waals surface area contributed by atoms with Gasteiger partial charge in [-0.15, -0.1) is 0 Å². The Morgan fingerprint density at radius 3 is 1.60 bits per heavy atom. The van der Waals surface area contributed by atoms with Crippen molar-refractivity contribution in [3.8, 4) is 0 Å². The van der Waals surface area contributed by atoms with E-state index >= 15 is 9.59 Å². The zero-order chi connectivity index (χ0) is 45.7. The molecule has 1 aliphatic carbocycles. The Morgan fingerprint density at radius 1 is 0.723 bits per heavy atom. The molecule has 6 aromatic rings. The summed E-state index contributed by atoms with van der Waals surface area (Å²) in [5, 5.41) is 24.8. The largest absolute Gasteiger partial charge is 0.508 e. The number of carbonyl (C=O) groups is 3. The van der Waals surface area contributed by atoms with E-state index in [2.05, 4.69) is 9.97 Å². The average molecular weight is 910 g/mol. The SMILES string of the molecule is CC(OC(=O)OCc1ccc([N+](=O)[O-])cc1)C1C(=O)N(C(C(=O)OCc2ccc([N+](=O)[O-])cc2)=P(c2ccccc2)(c2ccccc2)c2ccccc2)C1C1(C(=S)c2ncccn2)CC1. The van der Waals surface area contributed by atoms with Crippen molar-refractivity contribution in [2.75, 3.05) is 0 Å². The molecule has 3 atom stereocenters. The smallest absolute Gasteiger partial charge is 0.456 e. The summed E-state index contributed by atoms with van der Waals surface area (Å²) in [6, 6.07) is 40.3. The molecule has 3 unspecified atom stereocenters. The molecule has 65 heavy (non-hydrogen) atoms. The molecule has 1 amide bonds. The number of aromatic nitrogens is 2. The van der Waals surface area contributed by atoms with E-state index in [-0.39, 0.29) is 35.8 Å². The number of carbonyl (C=O) groups excluding carboxylic acids is 3. The number of hydrogen-bond donors (Lipinski definition) is 0. The first-order valence-corrected chi connectivity index (χ1v) is 22.7. The normalized spacial score (nSPS) is 16.6. The van der Waals surface area contributed by atoms with Crippen molar-refractivity contribution in [2.24, 2.45) is 11.3 Å². The molecule has 2 heterocycles. The second kappa shape index (κ2) is 18.7. The van der Waals surface area contributed by atoms with E-state index in [1.165, 1.54) is 53.4 Å². The van der Waals surface area contributed by atoms with Gasteiger partial charge < -0.3 is 14.2 Å². The molecule has 0 radical (unpaired) electrons. The first-order valence-electron chi connectivity index (χ1n) is 20.5. The first-order chi connectivity index (χ1) is 31.5. The third kappa shape index (κ3) is 8.65. The average Bonchev–Trinajstić information content (AvgIpc) is 4.14. The fourth-order valence-corrected chi connectivity index (χ4v) is 13.2. The Morgan fingerprint density at radius 2 is 1.17 bits per heavy atom. The van der Waals surface area contributed by atoms with Gasteiger partial charge in [0.2, 0.25) is 5.91 Å². The van der Waals surface area contributed by atoms with Crippen molar-refractivity contribution < 1.29 is 38.4 Å². The molecular formula is C48H40N5O10PS. The van der Waals surface area contributed by atoms with E-state index in [0.717, 1.165) is 15.9 Å². The monoisotopic (exact) mass is 909 g/mol. The lowest BCUT2D eigenvalue weighted by Crippen LogP contribution is -2.72. The van der Waals surface area contributed by atoms with Crippen LogP contribution < -0.4 is 15.9 Å². The van der Waals surface area contributed by atoms with Gasteiger partial charge in [-0.1, -0.05) is 103 Å². The van der Waals surface area contributed by atoms with Gasteiger partial charge in [-0.2, -0.15) is 0 Å². The van der Waals surface area contributed by atoms with Crippen molar-refractivity contribution in [1.29, 1.82) is 0 Å². The molecule has 328 valence electrons. The lowest BCUT2D eigenvalue weighted by molar-refractivity contribution is -0.385. The Bertz CT molecular complexity index is 2710. The minimum Gasteiger partial charge on any atom is -0.456 e. The fourth-order valence-electron chi connectivity index (χ4n) is 8.43. The molecule has 1 aromatic heterocycles. The number of benzene rings is 5. The lowest BCUT2D eigenvalue weighted by Gasteiger charge is -2.54. The van der Waals surface area contributed by atoms with E-state index in [9.17, 15) is 25.0 Å². The molecule has 1 saturated heterocycles. The minimum absolute atomic E-state index is 0.0604. The van der Waals surface area contributed by atoms with E-state index in [0.29, 0.717) is 28.8 Å². The molecule has 17 heteroatoms. The van der Waals surface area contributed by atoms with Crippen LogP contribution in [0.2, 0.25) is 0 Å². The topological polar surface area (TPSA) is 194 Å². The number of nitro groups is 2. The maximum absolute atomic E-state index is 15.6. The summed E-state index contributed by atoms with van der Waals surface area (Å²) < 4.78 is 17.5. The Balaban J connectivity index is 1.29. The second-order valence-electron chi connectivity index (χ2n) is 15.5. The van der Waals surface area contributed by atoms with Crippen molar-refractivity contribution in [3.63, 3.8) is 0 Å². The number of nitro benzene ring substituents is 2. The van der Waals surface area contributed by atoms with Gasteiger partial charge in [0.05, 0.1) is 26.7 Å². The van der Waals surface area contributed by atoms with Gasteiger partial charge in [0.1, 0.15) is 24.7 Å². The van der Waals surface area contributed by atoms with Crippen LogP contribution in [-0.2, 0) is 37.0 Å². The van der Waals surface area contributed by atoms with E-state index in [4.69, 9.17) is 26.4 Å². The summed E-state index contributed by atoms with van der Waals surface area (Å²) in [6.07, 6.45) is 1.94. The summed E-state index contributed by atoms with van der Waals surface area (Å²) in [6.45, 7) is -2.39. The molecule has 2 aliphatic rings. The molecule has 0 bridgehead atoms. The highest BCUT2D eigenvalue weighted by atomic mass is 32.1. The summed E-state index contributed by atoms with van der Waals surface area (Å²) in [7, 11) is 0. The van der Waals surface area contributed by atoms with Gasteiger partial charge in [-0.05, 0) is 77.1 Å². The van der Waals surface area contributed by atoms with Crippen LogP contribution in [0.3, 0.4) is 0 Å². The molecule has 15 nitrogen and oxygen atoms in total. The van der Waals surface area contributed by atoms with Crippen molar-refractivity contribution in [3.05, 3.63) is 195 Å². The van der Waals surface area contributed by atoms with Gasteiger partial charge in [0.25, 0.3) is 11.4 Å². The molecule has 0 spiro atoms. The van der Waals surface area contributed by atoms with Gasteiger partial charge in [-0.25, -0.2) is 19.6 Å². The van der Waals surface area contributed by atoms with Crippen molar-refractivity contribution >= 4 is 74.7 Å². The first kappa shape index (κ1) is 44.2. The predicted molar refractivity (Wildman–Crippen MR) is 246 cm³/mol. The third-order valence-corrected chi connectivity index (χ3v) is 16.5. The van der Waals surface area contributed by atoms with Crippen LogP contribution in [0.4, 0.5) is 16.2 Å².